The number of halogens is 1. The Morgan fingerprint density at radius 3 is 2.91 bits per heavy atom. The maximum atomic E-state index is 10.9. The third-order valence-corrected chi connectivity index (χ3v) is 2.01. The van der Waals surface area contributed by atoms with Gasteiger partial charge in [-0.15, -0.1) is 0 Å². The molecule has 0 heterocycles. The average molecular weight is 176 g/mol. The molecule has 3 nitrogen and oxygen atoms in total. The minimum absolute atomic E-state index is 0.0979. The third-order valence-electron chi connectivity index (χ3n) is 1.73. The lowest BCUT2D eigenvalue weighted by molar-refractivity contribution is -0.143. The molecule has 0 radical (unpaired) electrons. The number of carbonyl (C=O) groups is 1. The summed E-state index contributed by atoms with van der Waals surface area (Å²) in [5.74, 6) is -0.327. The monoisotopic (exact) mass is 175 g/mol. The Morgan fingerprint density at radius 1 is 1.73 bits per heavy atom. The summed E-state index contributed by atoms with van der Waals surface area (Å²) in [6.45, 7) is 0. The summed E-state index contributed by atoms with van der Waals surface area (Å²) in [7, 11) is 1.39. The smallest absolute Gasteiger partial charge is 0.312 e. The molecule has 0 saturated heterocycles. The van der Waals surface area contributed by atoms with Crippen molar-refractivity contribution in [2.75, 3.05) is 7.11 Å². The molecule has 1 rings (SSSR count). The van der Waals surface area contributed by atoms with E-state index in [1.165, 1.54) is 7.11 Å². The summed E-state index contributed by atoms with van der Waals surface area (Å²) < 4.78 is 4.57. The summed E-state index contributed by atoms with van der Waals surface area (Å²) >= 11 is 5.37. The van der Waals surface area contributed by atoms with Crippen LogP contribution in [0.3, 0.4) is 0 Å². The molecule has 2 atom stereocenters. The van der Waals surface area contributed by atoms with Crippen LogP contribution in [0, 0.1) is 5.92 Å². The molecular formula is C7H10ClNO2. The maximum absolute atomic E-state index is 10.9. The lowest BCUT2D eigenvalue weighted by Gasteiger charge is -2.07. The first-order chi connectivity index (χ1) is 5.27. The van der Waals surface area contributed by atoms with Crippen LogP contribution in [-0.2, 0) is 9.53 Å². The van der Waals surface area contributed by atoms with Gasteiger partial charge in [-0.1, -0.05) is 12.2 Å². The van der Waals surface area contributed by atoms with Gasteiger partial charge in [0.15, 0.2) is 0 Å². The van der Waals surface area contributed by atoms with Crippen LogP contribution < -0.4 is 4.84 Å². The summed E-state index contributed by atoms with van der Waals surface area (Å²) in [4.78, 5) is 13.5. The van der Waals surface area contributed by atoms with Gasteiger partial charge in [-0.2, -0.15) is 0 Å². The summed E-state index contributed by atoms with van der Waals surface area (Å²) in [5, 5.41) is 0. The number of carbonyl (C=O) groups excluding carboxylic acids is 1. The molecule has 0 aliphatic heterocycles. The maximum Gasteiger partial charge on any atom is 0.312 e. The first-order valence-corrected chi connectivity index (χ1v) is 3.78. The van der Waals surface area contributed by atoms with Gasteiger partial charge in [0, 0.05) is 6.04 Å². The van der Waals surface area contributed by atoms with Gasteiger partial charge in [0.2, 0.25) is 0 Å². The van der Waals surface area contributed by atoms with Crippen LogP contribution in [0.15, 0.2) is 12.2 Å². The van der Waals surface area contributed by atoms with E-state index < -0.39 is 0 Å². The highest BCUT2D eigenvalue weighted by Crippen LogP contribution is 2.19. The second-order valence-corrected chi connectivity index (χ2v) is 2.68. The van der Waals surface area contributed by atoms with Crippen molar-refractivity contribution in [1.82, 2.24) is 4.84 Å². The van der Waals surface area contributed by atoms with Crippen molar-refractivity contribution in [3.05, 3.63) is 12.2 Å². The Morgan fingerprint density at radius 2 is 2.45 bits per heavy atom. The number of hydrogen-bond donors (Lipinski definition) is 1. The zero-order valence-corrected chi connectivity index (χ0v) is 6.97. The molecule has 0 bridgehead atoms. The van der Waals surface area contributed by atoms with Gasteiger partial charge in [-0.25, -0.2) is 4.84 Å². The Kier molecular flexibility index (Phi) is 2.91. The lowest BCUT2D eigenvalue weighted by atomic mass is 10.1. The van der Waals surface area contributed by atoms with E-state index in [1.807, 2.05) is 12.2 Å². The Bertz CT molecular complexity index is 181. The van der Waals surface area contributed by atoms with Crippen LogP contribution in [0.4, 0.5) is 0 Å². The van der Waals surface area contributed by atoms with E-state index in [-0.39, 0.29) is 17.9 Å². The van der Waals surface area contributed by atoms with Crippen LogP contribution in [0.1, 0.15) is 6.42 Å². The average Bonchev–Trinajstić information content (AvgIpc) is 2.50. The second kappa shape index (κ2) is 3.74. The molecule has 62 valence electrons. The molecule has 0 amide bonds. The van der Waals surface area contributed by atoms with E-state index in [4.69, 9.17) is 11.8 Å². The van der Waals surface area contributed by atoms with Gasteiger partial charge >= 0.3 is 5.97 Å². The van der Waals surface area contributed by atoms with Crippen molar-refractivity contribution >= 4 is 17.7 Å². The van der Waals surface area contributed by atoms with Crippen LogP contribution in [0.5, 0.6) is 0 Å². The normalized spacial score (nSPS) is 28.9. The topological polar surface area (TPSA) is 38.3 Å². The van der Waals surface area contributed by atoms with Crippen molar-refractivity contribution < 1.29 is 9.53 Å². The second-order valence-electron chi connectivity index (χ2n) is 2.47. The molecule has 2 unspecified atom stereocenters. The van der Waals surface area contributed by atoms with Crippen LogP contribution in [-0.4, -0.2) is 19.1 Å². The number of esters is 1. The molecule has 0 saturated carbocycles. The van der Waals surface area contributed by atoms with Crippen molar-refractivity contribution in [1.29, 1.82) is 0 Å². The highest BCUT2D eigenvalue weighted by atomic mass is 35.5. The van der Waals surface area contributed by atoms with E-state index in [2.05, 4.69) is 9.57 Å². The Balaban J connectivity index is 2.43. The van der Waals surface area contributed by atoms with Gasteiger partial charge in [-0.05, 0) is 18.2 Å². The molecular weight excluding hydrogens is 166 g/mol. The quantitative estimate of drug-likeness (QED) is 0.384. The number of hydrogen-bond acceptors (Lipinski definition) is 3. The number of methoxy groups -OCH3 is 1. The van der Waals surface area contributed by atoms with E-state index in [9.17, 15) is 4.79 Å². The van der Waals surface area contributed by atoms with Gasteiger partial charge < -0.3 is 4.74 Å². The molecule has 0 spiro atoms. The van der Waals surface area contributed by atoms with Crippen molar-refractivity contribution in [2.45, 2.75) is 12.5 Å². The lowest BCUT2D eigenvalue weighted by Crippen LogP contribution is -2.20. The number of rotatable bonds is 2. The fraction of sp³-hybridized carbons (Fsp3) is 0.571. The Hall–Kier alpha value is -0.540. The molecule has 0 aromatic heterocycles. The Labute approximate surface area is 70.5 Å². The van der Waals surface area contributed by atoms with E-state index in [0.717, 1.165) is 0 Å². The summed E-state index contributed by atoms with van der Waals surface area (Å²) in [6, 6.07) is 0.0979. The van der Waals surface area contributed by atoms with Crippen molar-refractivity contribution in [2.24, 2.45) is 5.92 Å². The van der Waals surface area contributed by atoms with Crippen LogP contribution >= 0.6 is 11.8 Å². The molecule has 1 aliphatic rings. The molecule has 1 aliphatic carbocycles. The number of nitrogens with one attached hydrogen (secondary N) is 1. The van der Waals surface area contributed by atoms with Crippen molar-refractivity contribution in [3.63, 3.8) is 0 Å². The third kappa shape index (κ3) is 1.94. The fourth-order valence-electron chi connectivity index (χ4n) is 1.11. The van der Waals surface area contributed by atoms with Gasteiger partial charge in [0.1, 0.15) is 0 Å². The summed E-state index contributed by atoms with van der Waals surface area (Å²) in [6.07, 6.45) is 4.37. The zero-order chi connectivity index (χ0) is 8.27. The molecule has 11 heavy (non-hydrogen) atoms. The zero-order valence-electron chi connectivity index (χ0n) is 6.21. The van der Waals surface area contributed by atoms with E-state index >= 15 is 0 Å². The molecule has 1 N–H and O–H groups in total. The van der Waals surface area contributed by atoms with Gasteiger partial charge in [-0.3, -0.25) is 4.79 Å². The highest BCUT2D eigenvalue weighted by Gasteiger charge is 2.24. The molecule has 4 heteroatoms. The van der Waals surface area contributed by atoms with E-state index in [0.29, 0.717) is 6.42 Å². The summed E-state index contributed by atoms with van der Waals surface area (Å²) in [5.41, 5.74) is 0. The predicted molar refractivity (Wildman–Crippen MR) is 42.0 cm³/mol. The molecule has 0 aromatic rings. The standard InChI is InChI=1S/C7H10ClNO2/c1-11-7(10)5-2-3-6(4-5)9-8/h2-3,5-6,9H,4H2,1H3. The molecule has 0 fully saturated rings. The SMILES string of the molecule is COC(=O)C1C=CC(NCl)C1. The van der Waals surface area contributed by atoms with E-state index in [1.54, 1.807) is 0 Å². The number of ether oxygens (including phenoxy) is 1. The molecule has 0 aromatic carbocycles. The minimum atomic E-state index is -0.198. The first kappa shape index (κ1) is 8.56. The minimum Gasteiger partial charge on any atom is -0.469 e. The van der Waals surface area contributed by atoms with Crippen LogP contribution in [0.25, 0.3) is 0 Å². The highest BCUT2D eigenvalue weighted by molar-refractivity contribution is 6.13. The fourth-order valence-corrected chi connectivity index (χ4v) is 1.27. The van der Waals surface area contributed by atoms with Crippen LogP contribution in [0.2, 0.25) is 0 Å². The first-order valence-electron chi connectivity index (χ1n) is 3.40. The predicted octanol–water partition coefficient (Wildman–Crippen LogP) is 0.847. The largest absolute Gasteiger partial charge is 0.469 e. The van der Waals surface area contributed by atoms with Crippen molar-refractivity contribution in [3.8, 4) is 0 Å². The van der Waals surface area contributed by atoms with Gasteiger partial charge in [0.05, 0.1) is 13.0 Å². The van der Waals surface area contributed by atoms with Gasteiger partial charge in [0.25, 0.3) is 0 Å².